The first kappa shape index (κ1) is 35.6. The van der Waals surface area contributed by atoms with Crippen molar-refractivity contribution >= 4 is 30.0 Å². The van der Waals surface area contributed by atoms with Gasteiger partial charge in [-0.15, -0.1) is 0 Å². The van der Waals surface area contributed by atoms with Crippen LogP contribution in [0.25, 0.3) is 0 Å². The van der Waals surface area contributed by atoms with Gasteiger partial charge in [0, 0.05) is 0 Å². The van der Waals surface area contributed by atoms with Gasteiger partial charge in [-0.05, 0) is 0 Å². The van der Waals surface area contributed by atoms with Gasteiger partial charge in [0.1, 0.15) is 0 Å². The second-order valence-electron chi connectivity index (χ2n) is 12.0. The van der Waals surface area contributed by atoms with Gasteiger partial charge in [0.15, 0.2) is 0 Å². The Morgan fingerprint density at radius 1 is 0.583 bits per heavy atom. The van der Waals surface area contributed by atoms with Gasteiger partial charge in [-0.1, -0.05) is 0 Å². The Kier molecular flexibility index (Phi) is 10.9. The van der Waals surface area contributed by atoms with Crippen LogP contribution in [0.4, 0.5) is 0 Å². The van der Waals surface area contributed by atoms with E-state index in [-0.39, 0.29) is 60.1 Å². The molecular weight excluding hydrogens is 639 g/mol. The van der Waals surface area contributed by atoms with Crippen molar-refractivity contribution in [3.63, 3.8) is 0 Å². The topological polar surface area (TPSA) is 202 Å². The fourth-order valence-electron chi connectivity index (χ4n) is 6.14. The molecule has 0 spiro atoms. The fraction of sp³-hybridized carbons (Fsp3) is 0.250. The quantitative estimate of drug-likeness (QED) is 0.0728. The summed E-state index contributed by atoms with van der Waals surface area (Å²) in [7, 11) is 0. The van der Waals surface area contributed by atoms with E-state index in [4.69, 9.17) is 4.52 Å². The summed E-state index contributed by atoms with van der Waals surface area (Å²) in [5.41, 5.74) is 2.66. The minimum atomic E-state index is -4.39. The zero-order valence-corrected chi connectivity index (χ0v) is 27.3. The molecule has 7 N–H and O–H groups in total. The average molecular weight is 679 g/mol. The third-order valence-electron chi connectivity index (χ3n) is 8.56. The van der Waals surface area contributed by atoms with Crippen molar-refractivity contribution in [2.45, 2.75) is 39.0 Å². The van der Waals surface area contributed by atoms with E-state index in [0.29, 0.717) is 27.6 Å². The molecule has 12 heteroatoms. The van der Waals surface area contributed by atoms with Crippen molar-refractivity contribution in [3.8, 4) is 28.7 Å². The number of aryl methyl sites for hydroxylation is 1. The minimum absolute atomic E-state index is 0.0652. The molecule has 4 rings (SSSR count). The van der Waals surface area contributed by atoms with Gasteiger partial charge in [0.2, 0.25) is 0 Å². The van der Waals surface area contributed by atoms with E-state index in [9.17, 15) is 50.1 Å². The zero-order chi connectivity index (χ0) is 35.1. The number of phenols is 4. The predicted molar refractivity (Wildman–Crippen MR) is 181 cm³/mol. The number of carboxylic acids is 3. The third-order valence-corrected chi connectivity index (χ3v) is 14.6. The summed E-state index contributed by atoms with van der Waals surface area (Å²) in [6.45, 7) is -2.55. The Hall–Kier alpha value is -5.28. The van der Waals surface area contributed by atoms with Gasteiger partial charge in [0.25, 0.3) is 0 Å². The van der Waals surface area contributed by atoms with Crippen LogP contribution in [0.1, 0.15) is 47.1 Å². The first-order valence-corrected chi connectivity index (χ1v) is 18.0. The monoisotopic (exact) mass is 678 g/mol. The number of phenolic OH excluding ortho intramolecular Hbond substituents is 4. The van der Waals surface area contributed by atoms with Crippen LogP contribution in [0.5, 0.6) is 28.7 Å². The van der Waals surface area contributed by atoms with Crippen molar-refractivity contribution in [2.24, 2.45) is 0 Å². The van der Waals surface area contributed by atoms with E-state index in [1.165, 1.54) is 24.3 Å². The molecule has 4 aromatic rings. The van der Waals surface area contributed by atoms with Gasteiger partial charge in [-0.3, -0.25) is 0 Å². The number of carboxylic acid groups (broad SMARTS) is 3. The number of rotatable bonds is 16. The summed E-state index contributed by atoms with van der Waals surface area (Å²) in [5, 5.41) is 71.6. The Morgan fingerprint density at radius 2 is 1.00 bits per heavy atom. The predicted octanol–water partition coefficient (Wildman–Crippen LogP) is 5.60. The van der Waals surface area contributed by atoms with Gasteiger partial charge < -0.3 is 0 Å². The maximum atomic E-state index is 12.2. The molecule has 0 aliphatic heterocycles. The molecule has 0 aliphatic rings. The number of aliphatic carboxylic acids is 3. The Balaban J connectivity index is 2.08. The number of aromatic hydroxyl groups is 4. The van der Waals surface area contributed by atoms with Gasteiger partial charge in [0.05, 0.1) is 0 Å². The molecule has 48 heavy (non-hydrogen) atoms. The van der Waals surface area contributed by atoms with E-state index in [0.717, 1.165) is 5.56 Å². The van der Waals surface area contributed by atoms with Crippen molar-refractivity contribution in [2.75, 3.05) is 18.5 Å². The maximum absolute atomic E-state index is 12.2. The summed E-state index contributed by atoms with van der Waals surface area (Å²) >= 11 is 0. The number of benzene rings is 4. The molecule has 0 aromatic heterocycles. The molecule has 0 saturated carbocycles. The van der Waals surface area contributed by atoms with Crippen LogP contribution >= 0.6 is 6.83 Å². The molecule has 0 atom stereocenters. The molecule has 0 saturated heterocycles. The van der Waals surface area contributed by atoms with Gasteiger partial charge in [-0.25, -0.2) is 0 Å². The summed E-state index contributed by atoms with van der Waals surface area (Å²) in [6, 6.07) is 20.5. The van der Waals surface area contributed by atoms with Crippen molar-refractivity contribution in [3.05, 3.63) is 107 Å². The number of hydrogen-bond acceptors (Lipinski definition) is 8. The third kappa shape index (κ3) is 8.35. The molecule has 11 nitrogen and oxygen atoms in total. The van der Waals surface area contributed by atoms with E-state index in [1.54, 1.807) is 42.5 Å². The molecule has 0 fully saturated rings. The normalized spacial score (nSPS) is 12.1. The van der Waals surface area contributed by atoms with Gasteiger partial charge in [-0.2, -0.15) is 0 Å². The van der Waals surface area contributed by atoms with Gasteiger partial charge >= 0.3 is 278 Å². The molecule has 0 aliphatic carbocycles. The van der Waals surface area contributed by atoms with Crippen molar-refractivity contribution in [1.82, 2.24) is 0 Å². The fourth-order valence-corrected chi connectivity index (χ4v) is 11.7. The summed E-state index contributed by atoms with van der Waals surface area (Å²) in [5.74, 6) is -3.93. The summed E-state index contributed by atoms with van der Waals surface area (Å²) < 4.78 is 7.29. The van der Waals surface area contributed by atoms with Crippen LogP contribution in [-0.4, -0.2) is 72.1 Å². The van der Waals surface area contributed by atoms with Crippen LogP contribution in [-0.2, 0) is 27.2 Å². The first-order chi connectivity index (χ1) is 22.7. The van der Waals surface area contributed by atoms with Crippen LogP contribution in [0, 0.1) is 6.92 Å². The second-order valence-corrected chi connectivity index (χ2v) is 17.3. The van der Waals surface area contributed by atoms with E-state index >= 15 is 0 Å². The van der Waals surface area contributed by atoms with Crippen LogP contribution < -0.4 is 9.83 Å². The van der Waals surface area contributed by atoms with Crippen molar-refractivity contribution in [1.29, 1.82) is 0 Å². The molecule has 0 radical (unpaired) electrons. The molecule has 0 unspecified atom stereocenters. The average Bonchev–Trinajstić information content (AvgIpc) is 3.02. The van der Waals surface area contributed by atoms with E-state index < -0.39 is 44.0 Å². The molecule has 0 heterocycles. The SMILES string of the molecule is Cc1cc(Cc2ccc(O)cc2O)c(OP(CCC(=O)O)(CCC(=O)O)(CCC(=O)O)c2ccccc2)c(Cc2ccc(O)cc2O)c1. The molecule has 4 aromatic carbocycles. The van der Waals surface area contributed by atoms with Crippen LogP contribution in [0.15, 0.2) is 78.9 Å². The second kappa shape index (κ2) is 14.6. The Morgan fingerprint density at radius 3 is 1.38 bits per heavy atom. The van der Waals surface area contributed by atoms with Crippen LogP contribution in [0.3, 0.4) is 0 Å². The zero-order valence-electron chi connectivity index (χ0n) is 26.4. The summed E-state index contributed by atoms with van der Waals surface area (Å²) in [6.07, 6.45) is -1.64. The van der Waals surface area contributed by atoms with E-state index in [1.807, 2.05) is 19.1 Å². The van der Waals surface area contributed by atoms with Crippen molar-refractivity contribution < 1.29 is 54.7 Å². The van der Waals surface area contributed by atoms with Crippen LogP contribution in [0.2, 0.25) is 0 Å². The Bertz CT molecular complexity index is 1700. The molecule has 0 bridgehead atoms. The molecule has 254 valence electrons. The standard InChI is InChI=1S/C36H39O11P/c1-23-17-26(19-24-7-9-28(37)21-31(24)39)36(27(18-23)20-25-8-10-29(38)22-32(25)40)47-48(14-11-33(41)42,15-12-34(43)44,16-13-35(45)46)30-5-3-2-4-6-30/h2-10,17-18,21-22,37-40H,11-16,19-20H2,1H3,(H,41,42)(H,43,44)(H,45,46). The molecule has 0 amide bonds. The summed E-state index contributed by atoms with van der Waals surface area (Å²) in [4.78, 5) is 36.5. The van der Waals surface area contributed by atoms with E-state index in [2.05, 4.69) is 0 Å². The Labute approximate surface area is 277 Å². The number of hydrogen-bond donors (Lipinski definition) is 7. The number of carbonyl (C=O) groups is 3. The first-order valence-electron chi connectivity index (χ1n) is 15.3. The molecular formula is C36H39O11P.